The van der Waals surface area contributed by atoms with Crippen LogP contribution in [0.25, 0.3) is 0 Å². The molecule has 0 aromatic heterocycles. The Labute approximate surface area is 150 Å². The fourth-order valence-corrected chi connectivity index (χ4v) is 3.92. The third-order valence-electron chi connectivity index (χ3n) is 5.45. The van der Waals surface area contributed by atoms with E-state index >= 15 is 0 Å². The average molecular weight is 349 g/mol. The van der Waals surface area contributed by atoms with Crippen molar-refractivity contribution in [3.8, 4) is 11.5 Å². The van der Waals surface area contributed by atoms with Crippen molar-refractivity contribution >= 4 is 0 Å². The minimum absolute atomic E-state index is 0.287. The summed E-state index contributed by atoms with van der Waals surface area (Å²) in [6, 6.07) is 6.27. The Morgan fingerprint density at radius 3 is 2.20 bits per heavy atom. The molecule has 2 aliphatic rings. The molecule has 1 aromatic carbocycles. The zero-order valence-corrected chi connectivity index (χ0v) is 15.6. The Morgan fingerprint density at radius 2 is 1.64 bits per heavy atom. The standard InChI is InChI=1S/C19H31N3O3/c1-20-6-8-22(9-7-20)18-4-5-21(14-19(18)23)13-15-10-16(24-2)12-17(11-15)25-3/h10-12,18-19,23H,4-9,13-14H2,1-3H3/t18-,19-/m1/s1. The lowest BCUT2D eigenvalue weighted by atomic mass is 9.98. The van der Waals surface area contributed by atoms with Gasteiger partial charge in [0, 0.05) is 57.9 Å². The van der Waals surface area contributed by atoms with E-state index in [2.05, 4.69) is 21.7 Å². The second kappa shape index (κ2) is 8.36. The Morgan fingerprint density at radius 1 is 1.00 bits per heavy atom. The molecule has 6 nitrogen and oxygen atoms in total. The molecule has 2 saturated heterocycles. The smallest absolute Gasteiger partial charge is 0.122 e. The maximum Gasteiger partial charge on any atom is 0.122 e. The van der Waals surface area contributed by atoms with E-state index in [1.165, 1.54) is 0 Å². The number of aliphatic hydroxyl groups excluding tert-OH is 1. The maximum absolute atomic E-state index is 10.7. The summed E-state index contributed by atoms with van der Waals surface area (Å²) in [7, 11) is 5.51. The number of nitrogens with zero attached hydrogens (tertiary/aromatic N) is 3. The number of β-amino-alcohol motifs (C(OH)–C–C–N with tert-alkyl or cyclic N) is 1. The molecule has 2 aliphatic heterocycles. The summed E-state index contributed by atoms with van der Waals surface area (Å²) in [4.78, 5) is 7.15. The van der Waals surface area contributed by atoms with Crippen molar-refractivity contribution in [2.75, 3.05) is 60.5 Å². The summed E-state index contributed by atoms with van der Waals surface area (Å²) >= 11 is 0. The summed E-state index contributed by atoms with van der Waals surface area (Å²) in [5.41, 5.74) is 1.15. The highest BCUT2D eigenvalue weighted by Crippen LogP contribution is 2.25. The number of likely N-dealkylation sites (tertiary alicyclic amines) is 1. The van der Waals surface area contributed by atoms with Gasteiger partial charge in [-0.1, -0.05) is 0 Å². The molecule has 25 heavy (non-hydrogen) atoms. The molecule has 6 heteroatoms. The van der Waals surface area contributed by atoms with Gasteiger partial charge >= 0.3 is 0 Å². The molecule has 3 rings (SSSR count). The van der Waals surface area contributed by atoms with Crippen molar-refractivity contribution in [3.05, 3.63) is 23.8 Å². The number of ether oxygens (including phenoxy) is 2. The van der Waals surface area contributed by atoms with Gasteiger partial charge < -0.3 is 19.5 Å². The van der Waals surface area contributed by atoms with Crippen molar-refractivity contribution in [2.45, 2.75) is 25.1 Å². The molecule has 0 amide bonds. The first-order chi connectivity index (χ1) is 12.1. The monoisotopic (exact) mass is 349 g/mol. The quantitative estimate of drug-likeness (QED) is 0.852. The fourth-order valence-electron chi connectivity index (χ4n) is 3.92. The van der Waals surface area contributed by atoms with Crippen LogP contribution in [0.15, 0.2) is 18.2 Å². The van der Waals surface area contributed by atoms with Crippen LogP contribution in [0, 0.1) is 0 Å². The van der Waals surface area contributed by atoms with Crippen LogP contribution >= 0.6 is 0 Å². The first-order valence-electron chi connectivity index (χ1n) is 9.14. The minimum atomic E-state index is -0.287. The molecule has 1 N–H and O–H groups in total. The van der Waals surface area contributed by atoms with Gasteiger partial charge in [-0.05, 0) is 31.2 Å². The Kier molecular flexibility index (Phi) is 6.17. The predicted octanol–water partition coefficient (Wildman–Crippen LogP) is 0.886. The maximum atomic E-state index is 10.7. The van der Waals surface area contributed by atoms with Crippen molar-refractivity contribution in [3.63, 3.8) is 0 Å². The highest BCUT2D eigenvalue weighted by Gasteiger charge is 2.33. The van der Waals surface area contributed by atoms with Crippen LogP contribution in [0.1, 0.15) is 12.0 Å². The molecule has 0 aliphatic carbocycles. The van der Waals surface area contributed by atoms with Crippen molar-refractivity contribution in [1.82, 2.24) is 14.7 Å². The van der Waals surface area contributed by atoms with Crippen LogP contribution in [0.5, 0.6) is 11.5 Å². The Balaban J connectivity index is 1.58. The van der Waals surface area contributed by atoms with Gasteiger partial charge in [0.2, 0.25) is 0 Å². The van der Waals surface area contributed by atoms with E-state index in [1.807, 2.05) is 18.2 Å². The van der Waals surface area contributed by atoms with Crippen LogP contribution in [-0.4, -0.2) is 92.5 Å². The van der Waals surface area contributed by atoms with Crippen LogP contribution < -0.4 is 9.47 Å². The van der Waals surface area contributed by atoms with Crippen molar-refractivity contribution in [1.29, 1.82) is 0 Å². The van der Waals surface area contributed by atoms with Gasteiger partial charge in [-0.25, -0.2) is 0 Å². The van der Waals surface area contributed by atoms with Gasteiger partial charge in [-0.3, -0.25) is 9.80 Å². The summed E-state index contributed by atoms with van der Waals surface area (Å²) in [6.45, 7) is 6.84. The molecule has 2 heterocycles. The second-order valence-electron chi connectivity index (χ2n) is 7.22. The molecule has 2 fully saturated rings. The average Bonchev–Trinajstić information content (AvgIpc) is 2.62. The number of aliphatic hydroxyl groups is 1. The van der Waals surface area contributed by atoms with E-state index in [4.69, 9.17) is 9.47 Å². The lowest BCUT2D eigenvalue weighted by molar-refractivity contribution is -0.0286. The van der Waals surface area contributed by atoms with Gasteiger partial charge in [0.1, 0.15) is 11.5 Å². The van der Waals surface area contributed by atoms with E-state index in [1.54, 1.807) is 14.2 Å². The summed E-state index contributed by atoms with van der Waals surface area (Å²) in [5, 5.41) is 10.7. The predicted molar refractivity (Wildman–Crippen MR) is 98.3 cm³/mol. The molecule has 0 bridgehead atoms. The number of hydrogen-bond donors (Lipinski definition) is 1. The third-order valence-corrected chi connectivity index (χ3v) is 5.45. The molecular weight excluding hydrogens is 318 g/mol. The topological polar surface area (TPSA) is 48.4 Å². The van der Waals surface area contributed by atoms with E-state index in [0.717, 1.165) is 69.3 Å². The summed E-state index contributed by atoms with van der Waals surface area (Å²) < 4.78 is 10.7. The molecule has 1 aromatic rings. The normalized spacial score (nSPS) is 26.6. The molecular formula is C19H31N3O3. The highest BCUT2D eigenvalue weighted by molar-refractivity contribution is 5.38. The number of benzene rings is 1. The summed E-state index contributed by atoms with van der Waals surface area (Å²) in [6.07, 6.45) is 0.732. The van der Waals surface area contributed by atoms with Gasteiger partial charge in [0.05, 0.1) is 20.3 Å². The Hall–Kier alpha value is -1.34. The molecule has 0 spiro atoms. The van der Waals surface area contributed by atoms with Gasteiger partial charge in [-0.15, -0.1) is 0 Å². The fraction of sp³-hybridized carbons (Fsp3) is 0.684. The number of piperazine rings is 1. The van der Waals surface area contributed by atoms with Crippen LogP contribution in [0.3, 0.4) is 0 Å². The number of rotatable bonds is 5. The van der Waals surface area contributed by atoms with E-state index in [-0.39, 0.29) is 6.10 Å². The van der Waals surface area contributed by atoms with Crippen LogP contribution in [0.2, 0.25) is 0 Å². The number of likely N-dealkylation sites (N-methyl/N-ethyl adjacent to an activating group) is 1. The van der Waals surface area contributed by atoms with Crippen molar-refractivity contribution < 1.29 is 14.6 Å². The van der Waals surface area contributed by atoms with E-state index in [0.29, 0.717) is 6.04 Å². The van der Waals surface area contributed by atoms with Crippen LogP contribution in [0.4, 0.5) is 0 Å². The SMILES string of the molecule is COc1cc(CN2CC[C@@H](N3CCN(C)CC3)[C@H](O)C2)cc(OC)c1. The Bertz CT molecular complexity index is 539. The first kappa shape index (κ1) is 18.5. The molecule has 0 unspecified atom stereocenters. The molecule has 0 saturated carbocycles. The zero-order chi connectivity index (χ0) is 17.8. The third kappa shape index (κ3) is 4.64. The number of methoxy groups -OCH3 is 2. The zero-order valence-electron chi connectivity index (χ0n) is 15.6. The molecule has 2 atom stereocenters. The largest absolute Gasteiger partial charge is 0.497 e. The van der Waals surface area contributed by atoms with Gasteiger partial charge in [-0.2, -0.15) is 0 Å². The molecule has 0 radical (unpaired) electrons. The van der Waals surface area contributed by atoms with Crippen molar-refractivity contribution in [2.24, 2.45) is 0 Å². The minimum Gasteiger partial charge on any atom is -0.497 e. The lowest BCUT2D eigenvalue weighted by Gasteiger charge is -2.44. The van der Waals surface area contributed by atoms with Crippen LogP contribution in [-0.2, 0) is 6.54 Å². The summed E-state index contributed by atoms with van der Waals surface area (Å²) in [5.74, 6) is 1.62. The number of piperidine rings is 1. The highest BCUT2D eigenvalue weighted by atomic mass is 16.5. The van der Waals surface area contributed by atoms with Gasteiger partial charge in [0.25, 0.3) is 0 Å². The second-order valence-corrected chi connectivity index (χ2v) is 7.22. The van der Waals surface area contributed by atoms with E-state index < -0.39 is 0 Å². The lowest BCUT2D eigenvalue weighted by Crippen LogP contribution is -2.58. The van der Waals surface area contributed by atoms with Gasteiger partial charge in [0.15, 0.2) is 0 Å². The molecule has 140 valence electrons. The number of hydrogen-bond acceptors (Lipinski definition) is 6. The van der Waals surface area contributed by atoms with E-state index in [9.17, 15) is 5.11 Å². The first-order valence-corrected chi connectivity index (χ1v) is 9.14.